The van der Waals surface area contributed by atoms with Crippen molar-refractivity contribution < 1.29 is 4.79 Å². The molecule has 1 aromatic heterocycles. The first kappa shape index (κ1) is 13.8. The van der Waals surface area contributed by atoms with E-state index in [1.54, 1.807) is 18.2 Å². The molecule has 0 aliphatic heterocycles. The van der Waals surface area contributed by atoms with Crippen LogP contribution >= 0.6 is 27.5 Å². The number of anilines is 2. The van der Waals surface area contributed by atoms with E-state index in [0.29, 0.717) is 21.0 Å². The molecule has 98 valence electrons. The third-order valence-corrected chi connectivity index (χ3v) is 3.53. The normalized spacial score (nSPS) is 10.2. The van der Waals surface area contributed by atoms with E-state index < -0.39 is 0 Å². The smallest absolute Gasteiger partial charge is 0.228 e. The van der Waals surface area contributed by atoms with Crippen molar-refractivity contribution in [2.75, 3.05) is 11.1 Å². The van der Waals surface area contributed by atoms with Gasteiger partial charge < -0.3 is 11.1 Å². The molecule has 0 bridgehead atoms. The van der Waals surface area contributed by atoms with Crippen molar-refractivity contribution in [2.24, 2.45) is 0 Å². The van der Waals surface area contributed by atoms with E-state index in [2.05, 4.69) is 26.2 Å². The number of rotatable bonds is 3. The van der Waals surface area contributed by atoms with Crippen LogP contribution in [0.5, 0.6) is 0 Å². The Morgan fingerprint density at radius 1 is 1.42 bits per heavy atom. The minimum absolute atomic E-state index is 0.137. The summed E-state index contributed by atoms with van der Waals surface area (Å²) in [7, 11) is 0. The van der Waals surface area contributed by atoms with Crippen molar-refractivity contribution in [3.8, 4) is 0 Å². The molecule has 2 rings (SSSR count). The lowest BCUT2D eigenvalue weighted by Crippen LogP contribution is -2.14. The Labute approximate surface area is 124 Å². The molecule has 4 nitrogen and oxygen atoms in total. The van der Waals surface area contributed by atoms with Crippen LogP contribution in [0, 0.1) is 0 Å². The van der Waals surface area contributed by atoms with E-state index >= 15 is 0 Å². The number of aromatic nitrogens is 1. The van der Waals surface area contributed by atoms with Crippen molar-refractivity contribution in [1.29, 1.82) is 0 Å². The number of nitrogen functional groups attached to an aromatic ring is 1. The quantitative estimate of drug-likeness (QED) is 0.665. The van der Waals surface area contributed by atoms with Gasteiger partial charge in [-0.2, -0.15) is 0 Å². The molecular weight excluding hydrogens is 330 g/mol. The summed E-state index contributed by atoms with van der Waals surface area (Å²) in [6, 6.07) is 8.92. The van der Waals surface area contributed by atoms with Crippen molar-refractivity contribution in [2.45, 2.75) is 6.42 Å². The second-order valence-electron chi connectivity index (χ2n) is 3.97. The van der Waals surface area contributed by atoms with Crippen LogP contribution < -0.4 is 11.1 Å². The molecule has 0 spiro atoms. The lowest BCUT2D eigenvalue weighted by Gasteiger charge is -2.06. The summed E-state index contributed by atoms with van der Waals surface area (Å²) in [5, 5.41) is 3.10. The molecule has 0 aliphatic rings. The largest absolute Gasteiger partial charge is 0.399 e. The van der Waals surface area contributed by atoms with E-state index in [0.717, 1.165) is 5.56 Å². The van der Waals surface area contributed by atoms with E-state index in [4.69, 9.17) is 17.3 Å². The molecule has 1 amide bonds. The van der Waals surface area contributed by atoms with Gasteiger partial charge in [0, 0.05) is 5.69 Å². The second-order valence-corrected chi connectivity index (χ2v) is 5.18. The topological polar surface area (TPSA) is 68.0 Å². The third-order valence-electron chi connectivity index (χ3n) is 2.40. The van der Waals surface area contributed by atoms with Crippen LogP contribution in [0.15, 0.2) is 41.0 Å². The van der Waals surface area contributed by atoms with Crippen molar-refractivity contribution in [1.82, 2.24) is 4.98 Å². The van der Waals surface area contributed by atoms with E-state index in [-0.39, 0.29) is 12.3 Å². The Morgan fingerprint density at radius 3 is 2.89 bits per heavy atom. The summed E-state index contributed by atoms with van der Waals surface area (Å²) in [6.45, 7) is 0. The van der Waals surface area contributed by atoms with Gasteiger partial charge in [-0.15, -0.1) is 0 Å². The Balaban J connectivity index is 2.03. The molecule has 0 unspecified atom stereocenters. The van der Waals surface area contributed by atoms with E-state index in [1.807, 2.05) is 12.1 Å². The number of hydrogen-bond acceptors (Lipinski definition) is 3. The number of amides is 1. The molecule has 0 radical (unpaired) electrons. The Morgan fingerprint density at radius 2 is 2.21 bits per heavy atom. The van der Waals surface area contributed by atoms with Gasteiger partial charge in [-0.3, -0.25) is 4.79 Å². The van der Waals surface area contributed by atoms with E-state index in [1.165, 1.54) is 6.20 Å². The fourth-order valence-electron chi connectivity index (χ4n) is 1.58. The van der Waals surface area contributed by atoms with E-state index in [9.17, 15) is 4.79 Å². The summed E-state index contributed by atoms with van der Waals surface area (Å²) in [4.78, 5) is 15.8. The lowest BCUT2D eigenvalue weighted by molar-refractivity contribution is -0.115. The lowest BCUT2D eigenvalue weighted by atomic mass is 10.1. The predicted molar refractivity (Wildman–Crippen MR) is 80.1 cm³/mol. The number of carbonyl (C=O) groups is 1. The monoisotopic (exact) mass is 339 g/mol. The van der Waals surface area contributed by atoms with Gasteiger partial charge in [-0.25, -0.2) is 4.98 Å². The standard InChI is InChI=1S/C13H11BrClN3O/c14-11-6-10(7-17-13(11)15)18-12(19)5-8-2-1-3-9(16)4-8/h1-4,6-7H,5,16H2,(H,18,19). The van der Waals surface area contributed by atoms with Crippen LogP contribution in [-0.2, 0) is 11.2 Å². The van der Waals surface area contributed by atoms with Crippen LogP contribution in [0.1, 0.15) is 5.56 Å². The summed E-state index contributed by atoms with van der Waals surface area (Å²) in [5.41, 5.74) is 7.75. The number of halogens is 2. The average Bonchev–Trinajstić information content (AvgIpc) is 2.34. The molecule has 3 N–H and O–H groups in total. The first-order valence-corrected chi connectivity index (χ1v) is 6.67. The first-order valence-electron chi connectivity index (χ1n) is 5.50. The molecule has 6 heteroatoms. The highest BCUT2D eigenvalue weighted by atomic mass is 79.9. The highest BCUT2D eigenvalue weighted by Crippen LogP contribution is 2.22. The van der Waals surface area contributed by atoms with Gasteiger partial charge in [0.2, 0.25) is 5.91 Å². The molecule has 0 saturated heterocycles. The first-order chi connectivity index (χ1) is 9.04. The average molecular weight is 341 g/mol. The van der Waals surface area contributed by atoms with Crippen molar-refractivity contribution >= 4 is 44.8 Å². The van der Waals surface area contributed by atoms with Gasteiger partial charge in [0.05, 0.1) is 22.8 Å². The van der Waals surface area contributed by atoms with Gasteiger partial charge in [0.25, 0.3) is 0 Å². The summed E-state index contributed by atoms with van der Waals surface area (Å²) in [5.74, 6) is -0.137. The summed E-state index contributed by atoms with van der Waals surface area (Å²) < 4.78 is 0.635. The number of nitrogens with zero attached hydrogens (tertiary/aromatic N) is 1. The molecule has 1 aromatic carbocycles. The number of nitrogens with two attached hydrogens (primary N) is 1. The highest BCUT2D eigenvalue weighted by molar-refractivity contribution is 9.10. The highest BCUT2D eigenvalue weighted by Gasteiger charge is 2.06. The maximum absolute atomic E-state index is 11.9. The fourth-order valence-corrected chi connectivity index (χ4v) is 2.04. The van der Waals surface area contributed by atoms with Crippen LogP contribution in [0.25, 0.3) is 0 Å². The molecule has 0 aliphatic carbocycles. The zero-order chi connectivity index (χ0) is 13.8. The minimum atomic E-state index is -0.137. The van der Waals surface area contributed by atoms with Gasteiger partial charge in [-0.05, 0) is 39.7 Å². The molecule has 0 fully saturated rings. The molecule has 0 saturated carbocycles. The fraction of sp³-hybridized carbons (Fsp3) is 0.0769. The number of benzene rings is 1. The van der Waals surface area contributed by atoms with Crippen LogP contribution in [-0.4, -0.2) is 10.9 Å². The van der Waals surface area contributed by atoms with Crippen LogP contribution in [0.2, 0.25) is 5.15 Å². The molecular formula is C13H11BrClN3O. The van der Waals surface area contributed by atoms with Gasteiger partial charge in [-0.1, -0.05) is 23.7 Å². The second kappa shape index (κ2) is 6.04. The minimum Gasteiger partial charge on any atom is -0.399 e. The van der Waals surface area contributed by atoms with Crippen LogP contribution in [0.4, 0.5) is 11.4 Å². The molecule has 19 heavy (non-hydrogen) atoms. The Bertz CT molecular complexity index is 619. The number of hydrogen-bond donors (Lipinski definition) is 2. The van der Waals surface area contributed by atoms with Gasteiger partial charge in [0.15, 0.2) is 0 Å². The molecule has 1 heterocycles. The molecule has 0 atom stereocenters. The Kier molecular flexibility index (Phi) is 4.39. The van der Waals surface area contributed by atoms with Crippen molar-refractivity contribution in [3.63, 3.8) is 0 Å². The van der Waals surface area contributed by atoms with Crippen LogP contribution in [0.3, 0.4) is 0 Å². The predicted octanol–water partition coefficient (Wildman–Crippen LogP) is 3.26. The zero-order valence-corrected chi connectivity index (χ0v) is 12.2. The Hall–Kier alpha value is -1.59. The number of nitrogens with one attached hydrogen (secondary N) is 1. The molecule has 2 aromatic rings. The van der Waals surface area contributed by atoms with Gasteiger partial charge in [0.1, 0.15) is 5.15 Å². The maximum atomic E-state index is 11.9. The third kappa shape index (κ3) is 3.94. The summed E-state index contributed by atoms with van der Waals surface area (Å²) >= 11 is 9.03. The number of pyridine rings is 1. The SMILES string of the molecule is Nc1cccc(CC(=O)Nc2cnc(Cl)c(Br)c2)c1. The maximum Gasteiger partial charge on any atom is 0.228 e. The van der Waals surface area contributed by atoms with Crippen molar-refractivity contribution in [3.05, 3.63) is 51.7 Å². The van der Waals surface area contributed by atoms with Gasteiger partial charge >= 0.3 is 0 Å². The zero-order valence-electron chi connectivity index (χ0n) is 9.86. The number of carbonyl (C=O) groups excluding carboxylic acids is 1. The summed E-state index contributed by atoms with van der Waals surface area (Å²) in [6.07, 6.45) is 1.76.